The largest absolute Gasteiger partial charge is 0.497 e. The number of piperazine rings is 1. The van der Waals surface area contributed by atoms with Crippen LogP contribution in [0.25, 0.3) is 16.9 Å². The predicted molar refractivity (Wildman–Crippen MR) is 128 cm³/mol. The fourth-order valence-electron chi connectivity index (χ4n) is 4.33. The number of amides is 1. The van der Waals surface area contributed by atoms with Crippen LogP contribution in [-0.4, -0.2) is 63.6 Å². The van der Waals surface area contributed by atoms with Gasteiger partial charge >= 0.3 is 6.18 Å². The second-order valence-electron chi connectivity index (χ2n) is 8.71. The molecule has 2 aromatic carbocycles. The van der Waals surface area contributed by atoms with Crippen LogP contribution in [0.15, 0.2) is 60.7 Å². The van der Waals surface area contributed by atoms with Crippen LogP contribution in [0.1, 0.15) is 21.7 Å². The summed E-state index contributed by atoms with van der Waals surface area (Å²) in [5, 5.41) is 3.97. The van der Waals surface area contributed by atoms with Crippen LogP contribution in [0.4, 0.5) is 17.6 Å². The highest BCUT2D eigenvalue weighted by atomic mass is 19.4. The van der Waals surface area contributed by atoms with E-state index in [1.54, 1.807) is 42.5 Å². The first-order valence-corrected chi connectivity index (χ1v) is 11.6. The molecule has 3 heterocycles. The molecule has 4 aromatic rings. The quantitative estimate of drug-likeness (QED) is 0.367. The number of hydrogen-bond acceptors (Lipinski definition) is 5. The zero-order valence-electron chi connectivity index (χ0n) is 19.9. The Morgan fingerprint density at radius 3 is 2.35 bits per heavy atom. The summed E-state index contributed by atoms with van der Waals surface area (Å²) >= 11 is 0. The molecule has 1 amide bonds. The van der Waals surface area contributed by atoms with Crippen LogP contribution in [0, 0.1) is 5.82 Å². The molecule has 1 saturated heterocycles. The Balaban J connectivity index is 1.37. The average molecular weight is 513 g/mol. The minimum Gasteiger partial charge on any atom is -0.497 e. The van der Waals surface area contributed by atoms with Gasteiger partial charge in [-0.3, -0.25) is 9.69 Å². The molecule has 0 aliphatic carbocycles. The molecule has 0 saturated carbocycles. The molecule has 0 radical (unpaired) electrons. The van der Waals surface area contributed by atoms with Crippen molar-refractivity contribution in [1.29, 1.82) is 0 Å². The monoisotopic (exact) mass is 513 g/mol. The lowest BCUT2D eigenvalue weighted by molar-refractivity contribution is -0.142. The van der Waals surface area contributed by atoms with E-state index in [9.17, 15) is 22.4 Å². The first-order chi connectivity index (χ1) is 17.7. The standard InChI is InChI=1S/C26H23F4N5O2/c1-37-19-8-6-17(7-9-19)21-14-23(26(28,29)30)35-24(31-21)15-22(32-35)25(36)34-12-10-33(11-13-34)16-18-4-2-3-5-20(18)27/h2-9,14-15H,10-13,16H2,1H3. The lowest BCUT2D eigenvalue weighted by atomic mass is 10.1. The third-order valence-corrected chi connectivity index (χ3v) is 6.33. The summed E-state index contributed by atoms with van der Waals surface area (Å²) in [5.74, 6) is -0.199. The number of fused-ring (bicyclic) bond motifs is 1. The van der Waals surface area contributed by atoms with Gasteiger partial charge in [0.05, 0.1) is 12.8 Å². The van der Waals surface area contributed by atoms with Crippen LogP contribution in [0.2, 0.25) is 0 Å². The third-order valence-electron chi connectivity index (χ3n) is 6.33. The fourth-order valence-corrected chi connectivity index (χ4v) is 4.33. The first-order valence-electron chi connectivity index (χ1n) is 11.6. The Bertz CT molecular complexity index is 1430. The highest BCUT2D eigenvalue weighted by molar-refractivity contribution is 5.93. The summed E-state index contributed by atoms with van der Waals surface area (Å²) in [6.07, 6.45) is -4.72. The average Bonchev–Trinajstić information content (AvgIpc) is 3.33. The Morgan fingerprint density at radius 1 is 1.00 bits per heavy atom. The van der Waals surface area contributed by atoms with Crippen LogP contribution in [0.5, 0.6) is 5.75 Å². The Hall–Kier alpha value is -3.99. The number of benzene rings is 2. The van der Waals surface area contributed by atoms with Crippen molar-refractivity contribution in [2.24, 2.45) is 0 Å². The molecule has 0 N–H and O–H groups in total. The van der Waals surface area contributed by atoms with Crippen molar-refractivity contribution in [1.82, 2.24) is 24.4 Å². The second-order valence-corrected chi connectivity index (χ2v) is 8.71. The van der Waals surface area contributed by atoms with E-state index in [0.717, 1.165) is 6.07 Å². The number of nitrogens with zero attached hydrogens (tertiary/aromatic N) is 5. The summed E-state index contributed by atoms with van der Waals surface area (Å²) < 4.78 is 61.5. The number of aromatic nitrogens is 3. The van der Waals surface area contributed by atoms with Crippen molar-refractivity contribution in [3.05, 3.63) is 83.4 Å². The number of carbonyl (C=O) groups excluding carboxylic acids is 1. The van der Waals surface area contributed by atoms with E-state index in [2.05, 4.69) is 10.1 Å². The number of methoxy groups -OCH3 is 1. The summed E-state index contributed by atoms with van der Waals surface area (Å²) in [6.45, 7) is 2.11. The van der Waals surface area contributed by atoms with Crippen molar-refractivity contribution in [3.8, 4) is 17.0 Å². The zero-order chi connectivity index (χ0) is 26.2. The summed E-state index contributed by atoms with van der Waals surface area (Å²) in [6, 6.07) is 15.2. The maximum absolute atomic E-state index is 14.0. The molecule has 192 valence electrons. The maximum atomic E-state index is 14.0. The molecule has 1 aliphatic rings. The summed E-state index contributed by atoms with van der Waals surface area (Å²) in [4.78, 5) is 21.0. The van der Waals surface area contributed by atoms with Crippen molar-refractivity contribution in [2.75, 3.05) is 33.3 Å². The van der Waals surface area contributed by atoms with Gasteiger partial charge in [-0.15, -0.1) is 0 Å². The van der Waals surface area contributed by atoms with Crippen LogP contribution >= 0.6 is 0 Å². The van der Waals surface area contributed by atoms with Gasteiger partial charge in [0.2, 0.25) is 0 Å². The highest BCUT2D eigenvalue weighted by Crippen LogP contribution is 2.33. The van der Waals surface area contributed by atoms with Crippen molar-refractivity contribution in [2.45, 2.75) is 12.7 Å². The normalized spacial score (nSPS) is 14.8. The van der Waals surface area contributed by atoms with E-state index in [0.29, 0.717) is 54.1 Å². The van der Waals surface area contributed by atoms with Gasteiger partial charge in [-0.05, 0) is 36.4 Å². The topological polar surface area (TPSA) is 63.0 Å². The van der Waals surface area contributed by atoms with E-state index in [-0.39, 0.29) is 22.9 Å². The Kier molecular flexibility index (Phi) is 6.55. The van der Waals surface area contributed by atoms with Gasteiger partial charge in [0.25, 0.3) is 5.91 Å². The molecule has 2 aromatic heterocycles. The van der Waals surface area contributed by atoms with Gasteiger partial charge in [-0.1, -0.05) is 18.2 Å². The van der Waals surface area contributed by atoms with Crippen molar-refractivity contribution >= 4 is 11.6 Å². The molecular weight excluding hydrogens is 490 g/mol. The summed E-state index contributed by atoms with van der Waals surface area (Å²) in [7, 11) is 1.49. The van der Waals surface area contributed by atoms with E-state index in [1.807, 2.05) is 4.90 Å². The number of alkyl halides is 3. The molecule has 0 atom stereocenters. The fraction of sp³-hybridized carbons (Fsp3) is 0.269. The number of hydrogen-bond donors (Lipinski definition) is 0. The van der Waals surface area contributed by atoms with Gasteiger partial charge in [-0.2, -0.15) is 18.3 Å². The molecule has 0 spiro atoms. The van der Waals surface area contributed by atoms with Gasteiger partial charge in [0.1, 0.15) is 11.6 Å². The minimum atomic E-state index is -4.72. The Morgan fingerprint density at radius 2 is 1.70 bits per heavy atom. The summed E-state index contributed by atoms with van der Waals surface area (Å²) in [5.41, 5.74) is -0.0928. The molecule has 0 bridgehead atoms. The SMILES string of the molecule is COc1ccc(-c2cc(C(F)(F)F)n3nc(C(=O)N4CCN(Cc5ccccc5F)CC4)cc3n2)cc1. The molecule has 1 fully saturated rings. The van der Waals surface area contributed by atoms with Gasteiger partial charge in [-0.25, -0.2) is 13.9 Å². The zero-order valence-corrected chi connectivity index (χ0v) is 19.9. The molecule has 0 unspecified atom stereocenters. The van der Waals surface area contributed by atoms with Crippen LogP contribution < -0.4 is 4.74 Å². The predicted octanol–water partition coefficient (Wildman–Crippen LogP) is 4.52. The van der Waals surface area contributed by atoms with E-state index in [1.165, 1.54) is 24.1 Å². The molecule has 1 aliphatic heterocycles. The van der Waals surface area contributed by atoms with Crippen molar-refractivity contribution < 1.29 is 27.1 Å². The highest BCUT2D eigenvalue weighted by Gasteiger charge is 2.36. The lowest BCUT2D eigenvalue weighted by Crippen LogP contribution is -2.48. The van der Waals surface area contributed by atoms with Crippen LogP contribution in [-0.2, 0) is 12.7 Å². The number of carbonyl (C=O) groups is 1. The van der Waals surface area contributed by atoms with E-state index < -0.39 is 17.8 Å². The molecule has 5 rings (SSSR count). The Labute approximate surface area is 209 Å². The smallest absolute Gasteiger partial charge is 0.433 e. The third kappa shape index (κ3) is 5.12. The van der Waals surface area contributed by atoms with Crippen molar-refractivity contribution in [3.63, 3.8) is 0 Å². The van der Waals surface area contributed by atoms with Crippen LogP contribution in [0.3, 0.4) is 0 Å². The maximum Gasteiger partial charge on any atom is 0.433 e. The van der Waals surface area contributed by atoms with Gasteiger partial charge in [0.15, 0.2) is 17.0 Å². The second kappa shape index (κ2) is 9.81. The molecule has 11 heteroatoms. The van der Waals surface area contributed by atoms with Gasteiger partial charge < -0.3 is 9.64 Å². The lowest BCUT2D eigenvalue weighted by Gasteiger charge is -2.34. The molecule has 37 heavy (non-hydrogen) atoms. The molecular formula is C26H23F4N5O2. The minimum absolute atomic E-state index is 0.0813. The molecule has 7 nitrogen and oxygen atoms in total. The van der Waals surface area contributed by atoms with Gasteiger partial charge in [0, 0.05) is 49.9 Å². The number of ether oxygens (including phenoxy) is 1. The van der Waals surface area contributed by atoms with E-state index >= 15 is 0 Å². The first kappa shape index (κ1) is 24.7. The number of rotatable bonds is 5. The van der Waals surface area contributed by atoms with E-state index in [4.69, 9.17) is 4.74 Å². The number of halogens is 4.